The van der Waals surface area contributed by atoms with E-state index in [9.17, 15) is 0 Å². The minimum Gasteiger partial charge on any atom is -0.376 e. The number of ether oxygens (including phenoxy) is 1. The summed E-state index contributed by atoms with van der Waals surface area (Å²) in [7, 11) is 0. The minimum atomic E-state index is 0.400. The van der Waals surface area contributed by atoms with Crippen LogP contribution in [0.1, 0.15) is 48.9 Å². The van der Waals surface area contributed by atoms with Crippen LogP contribution in [0.15, 0.2) is 35.6 Å². The van der Waals surface area contributed by atoms with Crippen molar-refractivity contribution in [2.24, 2.45) is 11.0 Å². The summed E-state index contributed by atoms with van der Waals surface area (Å²) in [5.41, 5.74) is 8.84. The normalized spacial score (nSPS) is 16.0. The van der Waals surface area contributed by atoms with E-state index in [-0.39, 0.29) is 0 Å². The van der Waals surface area contributed by atoms with Gasteiger partial charge < -0.3 is 10.5 Å². The van der Waals surface area contributed by atoms with Crippen LogP contribution >= 0.6 is 0 Å². The zero-order valence-electron chi connectivity index (χ0n) is 14.3. The van der Waals surface area contributed by atoms with Gasteiger partial charge in [-0.05, 0) is 36.8 Å². The van der Waals surface area contributed by atoms with Crippen molar-refractivity contribution in [1.29, 1.82) is 0 Å². The molecule has 5 nitrogen and oxygen atoms in total. The molecule has 2 N–H and O–H groups in total. The third-order valence-corrected chi connectivity index (χ3v) is 4.49. The molecule has 1 aliphatic rings. The van der Waals surface area contributed by atoms with Crippen molar-refractivity contribution in [3.05, 3.63) is 47.3 Å². The number of hydrogen-bond acceptors (Lipinski definition) is 4. The molecule has 0 bridgehead atoms. The summed E-state index contributed by atoms with van der Waals surface area (Å²) in [5, 5.41) is 4.32. The Morgan fingerprint density at radius 2 is 2.00 bits per heavy atom. The van der Waals surface area contributed by atoms with Crippen LogP contribution in [0.2, 0.25) is 0 Å². The number of imidazole rings is 1. The average Bonchev–Trinajstić information content (AvgIpc) is 2.93. The number of nitrogens with two attached hydrogens (primary N) is 1. The Labute approximate surface area is 143 Å². The third-order valence-electron chi connectivity index (χ3n) is 4.49. The van der Waals surface area contributed by atoms with Crippen molar-refractivity contribution in [3.63, 3.8) is 0 Å². The van der Waals surface area contributed by atoms with Crippen LogP contribution in [0.3, 0.4) is 0 Å². The second-order valence-corrected chi connectivity index (χ2v) is 6.59. The first-order chi connectivity index (χ1) is 11.7. The zero-order chi connectivity index (χ0) is 16.8. The van der Waals surface area contributed by atoms with E-state index in [2.05, 4.69) is 22.2 Å². The van der Waals surface area contributed by atoms with E-state index in [1.807, 2.05) is 19.1 Å². The Bertz CT molecular complexity index is 669. The van der Waals surface area contributed by atoms with Gasteiger partial charge in [-0.25, -0.2) is 9.66 Å². The molecule has 0 aliphatic heterocycles. The van der Waals surface area contributed by atoms with Crippen molar-refractivity contribution in [3.8, 4) is 0 Å². The molecule has 5 heteroatoms. The molecule has 1 heterocycles. The van der Waals surface area contributed by atoms with Crippen LogP contribution in [-0.4, -0.2) is 22.5 Å². The van der Waals surface area contributed by atoms with Crippen molar-refractivity contribution in [2.45, 2.75) is 45.6 Å². The van der Waals surface area contributed by atoms with Gasteiger partial charge in [0.25, 0.3) is 0 Å². The van der Waals surface area contributed by atoms with E-state index in [1.54, 1.807) is 17.1 Å². The van der Waals surface area contributed by atoms with Gasteiger partial charge >= 0.3 is 0 Å². The number of nitrogen functional groups attached to an aromatic ring is 1. The molecular formula is C19H26N4O. The van der Waals surface area contributed by atoms with Gasteiger partial charge in [0.1, 0.15) is 0 Å². The predicted octanol–water partition coefficient (Wildman–Crippen LogP) is 3.75. The molecule has 1 aromatic heterocycles. The predicted molar refractivity (Wildman–Crippen MR) is 97.0 cm³/mol. The van der Waals surface area contributed by atoms with Gasteiger partial charge in [0.05, 0.1) is 24.7 Å². The second kappa shape index (κ2) is 8.11. The Balaban J connectivity index is 1.48. The van der Waals surface area contributed by atoms with Crippen LogP contribution < -0.4 is 5.73 Å². The molecule has 1 aromatic carbocycles. The summed E-state index contributed by atoms with van der Waals surface area (Å²) in [6.07, 6.45) is 10.4. The summed E-state index contributed by atoms with van der Waals surface area (Å²) in [6.45, 7) is 3.47. The number of aryl methyl sites for hydroxylation is 1. The fraction of sp³-hybridized carbons (Fsp3) is 0.474. The lowest BCUT2D eigenvalue weighted by molar-refractivity contribution is 0.0739. The van der Waals surface area contributed by atoms with Crippen molar-refractivity contribution in [1.82, 2.24) is 9.66 Å². The number of benzene rings is 1. The van der Waals surface area contributed by atoms with Gasteiger partial charge in [-0.15, -0.1) is 0 Å². The summed E-state index contributed by atoms with van der Waals surface area (Å²) < 4.78 is 7.46. The molecule has 1 aliphatic carbocycles. The van der Waals surface area contributed by atoms with Crippen molar-refractivity contribution >= 4 is 12.2 Å². The first kappa shape index (κ1) is 16.7. The summed E-state index contributed by atoms with van der Waals surface area (Å²) in [6, 6.07) is 8.26. The number of hydrogen-bond donors (Lipinski definition) is 1. The highest BCUT2D eigenvalue weighted by Crippen LogP contribution is 2.24. The maximum Gasteiger partial charge on any atom is 0.221 e. The van der Waals surface area contributed by atoms with Gasteiger partial charge in [0.2, 0.25) is 5.95 Å². The number of anilines is 1. The monoisotopic (exact) mass is 326 g/mol. The highest BCUT2D eigenvalue weighted by molar-refractivity contribution is 5.79. The molecule has 1 fully saturated rings. The van der Waals surface area contributed by atoms with E-state index in [4.69, 9.17) is 10.5 Å². The fourth-order valence-corrected chi connectivity index (χ4v) is 3.12. The van der Waals surface area contributed by atoms with Gasteiger partial charge in [-0.3, -0.25) is 0 Å². The first-order valence-corrected chi connectivity index (χ1v) is 8.73. The van der Waals surface area contributed by atoms with E-state index in [1.165, 1.54) is 37.7 Å². The highest BCUT2D eigenvalue weighted by atomic mass is 16.5. The Hall–Kier alpha value is -2.14. The smallest absolute Gasteiger partial charge is 0.221 e. The Kier molecular flexibility index (Phi) is 5.64. The molecule has 0 radical (unpaired) electrons. The highest BCUT2D eigenvalue weighted by Gasteiger charge is 2.13. The zero-order valence-corrected chi connectivity index (χ0v) is 14.3. The molecule has 0 amide bonds. The van der Waals surface area contributed by atoms with Crippen LogP contribution in [0.5, 0.6) is 0 Å². The largest absolute Gasteiger partial charge is 0.376 e. The molecule has 2 aromatic rings. The number of nitrogens with zero attached hydrogens (tertiary/aromatic N) is 3. The third kappa shape index (κ3) is 4.68. The summed E-state index contributed by atoms with van der Waals surface area (Å²) in [5.74, 6) is 1.16. The molecule has 0 saturated heterocycles. The van der Waals surface area contributed by atoms with Gasteiger partial charge in [-0.2, -0.15) is 5.10 Å². The minimum absolute atomic E-state index is 0.400. The quantitative estimate of drug-likeness (QED) is 0.822. The van der Waals surface area contributed by atoms with E-state index < -0.39 is 0 Å². The standard InChI is InChI=1S/C19H26N4O/c1-15-12-23(19(20)22-15)21-11-16-7-9-18(10-8-16)14-24-13-17-5-3-2-4-6-17/h7-12,17H,2-6,13-14H2,1H3,(H2,20,22). The van der Waals surface area contributed by atoms with E-state index in [0.29, 0.717) is 12.6 Å². The maximum absolute atomic E-state index is 5.88. The lowest BCUT2D eigenvalue weighted by Crippen LogP contribution is -2.13. The average molecular weight is 326 g/mol. The Morgan fingerprint density at radius 3 is 2.67 bits per heavy atom. The lowest BCUT2D eigenvalue weighted by Gasteiger charge is -2.21. The summed E-state index contributed by atoms with van der Waals surface area (Å²) in [4.78, 5) is 4.12. The molecule has 0 unspecified atom stereocenters. The SMILES string of the molecule is Cc1cn(N=Cc2ccc(COCC3CCCCC3)cc2)c(N)n1. The second-order valence-electron chi connectivity index (χ2n) is 6.59. The van der Waals surface area contributed by atoms with Gasteiger partial charge in [0.15, 0.2) is 0 Å². The molecule has 1 saturated carbocycles. The molecular weight excluding hydrogens is 300 g/mol. The number of aromatic nitrogens is 2. The topological polar surface area (TPSA) is 65.4 Å². The molecule has 3 rings (SSSR count). The summed E-state index contributed by atoms with van der Waals surface area (Å²) >= 11 is 0. The van der Waals surface area contributed by atoms with Crippen LogP contribution in [0.4, 0.5) is 5.95 Å². The fourth-order valence-electron chi connectivity index (χ4n) is 3.12. The van der Waals surface area contributed by atoms with E-state index in [0.717, 1.165) is 23.8 Å². The molecule has 128 valence electrons. The lowest BCUT2D eigenvalue weighted by atomic mass is 9.90. The van der Waals surface area contributed by atoms with Crippen molar-refractivity contribution < 1.29 is 4.74 Å². The maximum atomic E-state index is 5.88. The number of rotatable bonds is 6. The van der Waals surface area contributed by atoms with Crippen LogP contribution in [0.25, 0.3) is 0 Å². The van der Waals surface area contributed by atoms with Crippen LogP contribution in [0, 0.1) is 12.8 Å². The Morgan fingerprint density at radius 1 is 1.25 bits per heavy atom. The van der Waals surface area contributed by atoms with E-state index >= 15 is 0 Å². The molecule has 0 atom stereocenters. The van der Waals surface area contributed by atoms with Gasteiger partial charge in [0, 0.05) is 6.61 Å². The molecule has 0 spiro atoms. The van der Waals surface area contributed by atoms with Gasteiger partial charge in [-0.1, -0.05) is 43.5 Å². The first-order valence-electron chi connectivity index (χ1n) is 8.73. The molecule has 24 heavy (non-hydrogen) atoms. The van der Waals surface area contributed by atoms with Crippen molar-refractivity contribution in [2.75, 3.05) is 12.3 Å². The van der Waals surface area contributed by atoms with Crippen LogP contribution in [-0.2, 0) is 11.3 Å².